The highest BCUT2D eigenvalue weighted by atomic mass is 32.1. The summed E-state index contributed by atoms with van der Waals surface area (Å²) in [6.45, 7) is 3.61. The van der Waals surface area contributed by atoms with Crippen LogP contribution in [0.4, 0.5) is 26.7 Å². The Kier molecular flexibility index (Phi) is 3.94. The molecule has 21 heavy (non-hydrogen) atoms. The van der Waals surface area contributed by atoms with Crippen molar-refractivity contribution in [2.45, 2.75) is 0 Å². The SMILES string of the molecule is CN1CCN(c2ccc(Nc3nc(N)cs3)cc2F)CC1. The number of thiazole rings is 1. The van der Waals surface area contributed by atoms with Gasteiger partial charge >= 0.3 is 0 Å². The monoisotopic (exact) mass is 307 g/mol. The van der Waals surface area contributed by atoms with Crippen LogP contribution in [0.25, 0.3) is 0 Å². The van der Waals surface area contributed by atoms with Crippen LogP contribution in [0.2, 0.25) is 0 Å². The molecule has 3 N–H and O–H groups in total. The smallest absolute Gasteiger partial charge is 0.189 e. The number of piperazine rings is 1. The number of hydrogen-bond donors (Lipinski definition) is 2. The van der Waals surface area contributed by atoms with Gasteiger partial charge in [-0.25, -0.2) is 9.37 Å². The van der Waals surface area contributed by atoms with Crippen LogP contribution < -0.4 is 16.0 Å². The van der Waals surface area contributed by atoms with Gasteiger partial charge in [0.05, 0.1) is 5.69 Å². The van der Waals surface area contributed by atoms with Gasteiger partial charge < -0.3 is 20.9 Å². The maximum absolute atomic E-state index is 14.3. The first-order valence-electron chi connectivity index (χ1n) is 6.83. The number of nitrogens with one attached hydrogen (secondary N) is 1. The normalized spacial score (nSPS) is 16.2. The van der Waals surface area contributed by atoms with Crippen LogP contribution >= 0.6 is 11.3 Å². The number of likely N-dealkylation sites (N-methyl/N-ethyl adjacent to an activating group) is 1. The molecule has 0 spiro atoms. The highest BCUT2D eigenvalue weighted by Gasteiger charge is 2.17. The number of nitrogen functional groups attached to an aromatic ring is 1. The summed E-state index contributed by atoms with van der Waals surface area (Å²) in [6.07, 6.45) is 0. The first-order valence-corrected chi connectivity index (χ1v) is 7.71. The van der Waals surface area contributed by atoms with Gasteiger partial charge in [0.1, 0.15) is 11.6 Å². The topological polar surface area (TPSA) is 57.4 Å². The fraction of sp³-hybridized carbons (Fsp3) is 0.357. The number of rotatable bonds is 3. The third-order valence-corrected chi connectivity index (χ3v) is 4.34. The molecular formula is C14H18FN5S. The zero-order valence-electron chi connectivity index (χ0n) is 11.8. The van der Waals surface area contributed by atoms with Crippen molar-refractivity contribution in [2.24, 2.45) is 0 Å². The van der Waals surface area contributed by atoms with E-state index in [-0.39, 0.29) is 5.82 Å². The van der Waals surface area contributed by atoms with Crippen molar-refractivity contribution in [2.75, 3.05) is 49.2 Å². The van der Waals surface area contributed by atoms with Crippen molar-refractivity contribution in [1.29, 1.82) is 0 Å². The van der Waals surface area contributed by atoms with Crippen molar-refractivity contribution in [3.63, 3.8) is 0 Å². The third-order valence-electron chi connectivity index (χ3n) is 3.56. The van der Waals surface area contributed by atoms with Gasteiger partial charge in [-0.3, -0.25) is 0 Å². The Morgan fingerprint density at radius 1 is 1.29 bits per heavy atom. The summed E-state index contributed by atoms with van der Waals surface area (Å²) in [7, 11) is 2.08. The van der Waals surface area contributed by atoms with Gasteiger partial charge in [-0.1, -0.05) is 0 Å². The molecule has 1 fully saturated rings. The van der Waals surface area contributed by atoms with Crippen LogP contribution in [0.1, 0.15) is 0 Å². The Bertz CT molecular complexity index is 622. The van der Waals surface area contributed by atoms with Crippen LogP contribution in [0.3, 0.4) is 0 Å². The van der Waals surface area contributed by atoms with E-state index < -0.39 is 0 Å². The number of nitrogens with two attached hydrogens (primary N) is 1. The summed E-state index contributed by atoms with van der Waals surface area (Å²) < 4.78 is 14.3. The van der Waals surface area contributed by atoms with E-state index in [0.29, 0.717) is 22.3 Å². The molecule has 0 radical (unpaired) electrons. The average Bonchev–Trinajstić information content (AvgIpc) is 2.86. The molecule has 1 saturated heterocycles. The Balaban J connectivity index is 1.73. The number of aromatic nitrogens is 1. The number of hydrogen-bond acceptors (Lipinski definition) is 6. The zero-order chi connectivity index (χ0) is 14.8. The molecule has 1 aliphatic heterocycles. The van der Waals surface area contributed by atoms with Gasteiger partial charge in [0.2, 0.25) is 0 Å². The Morgan fingerprint density at radius 2 is 2.05 bits per heavy atom. The van der Waals surface area contributed by atoms with E-state index in [0.717, 1.165) is 26.2 Å². The second kappa shape index (κ2) is 5.87. The summed E-state index contributed by atoms with van der Waals surface area (Å²) in [5, 5.41) is 5.48. The van der Waals surface area contributed by atoms with Crippen molar-refractivity contribution >= 4 is 33.7 Å². The summed E-state index contributed by atoms with van der Waals surface area (Å²) in [5.74, 6) is 0.256. The predicted molar refractivity (Wildman–Crippen MR) is 85.9 cm³/mol. The van der Waals surface area contributed by atoms with E-state index in [2.05, 4.69) is 27.1 Å². The lowest BCUT2D eigenvalue weighted by molar-refractivity contribution is 0.311. The van der Waals surface area contributed by atoms with Gasteiger partial charge in [-0.05, 0) is 25.2 Å². The Hall–Kier alpha value is -1.86. The van der Waals surface area contributed by atoms with Gasteiger partial charge in [-0.15, -0.1) is 11.3 Å². The summed E-state index contributed by atoms with van der Waals surface area (Å²) in [4.78, 5) is 8.43. The molecule has 0 atom stereocenters. The van der Waals surface area contributed by atoms with E-state index in [9.17, 15) is 4.39 Å². The van der Waals surface area contributed by atoms with Crippen LogP contribution in [0.15, 0.2) is 23.6 Å². The maximum atomic E-state index is 14.3. The number of anilines is 4. The fourth-order valence-corrected chi connectivity index (χ4v) is 2.98. The van der Waals surface area contributed by atoms with Crippen LogP contribution in [0, 0.1) is 5.82 Å². The molecule has 1 aromatic carbocycles. The molecule has 2 aromatic rings. The Morgan fingerprint density at radius 3 is 2.67 bits per heavy atom. The van der Waals surface area contributed by atoms with Gasteiger partial charge in [-0.2, -0.15) is 0 Å². The van der Waals surface area contributed by atoms with E-state index in [1.807, 2.05) is 12.1 Å². The number of halogens is 1. The number of benzene rings is 1. The quantitative estimate of drug-likeness (QED) is 0.911. The van der Waals surface area contributed by atoms with Crippen LogP contribution in [0.5, 0.6) is 0 Å². The molecule has 3 rings (SSSR count). The predicted octanol–water partition coefficient (Wildman–Crippen LogP) is 2.36. The van der Waals surface area contributed by atoms with Crippen LogP contribution in [-0.2, 0) is 0 Å². The van der Waals surface area contributed by atoms with E-state index >= 15 is 0 Å². The lowest BCUT2D eigenvalue weighted by Crippen LogP contribution is -2.44. The van der Waals surface area contributed by atoms with Crippen molar-refractivity contribution in [3.05, 3.63) is 29.4 Å². The largest absolute Gasteiger partial charge is 0.383 e. The molecular weight excluding hydrogens is 289 g/mol. The second-order valence-electron chi connectivity index (χ2n) is 5.16. The van der Waals surface area contributed by atoms with Crippen LogP contribution in [-0.4, -0.2) is 43.1 Å². The molecule has 0 aliphatic carbocycles. The second-order valence-corrected chi connectivity index (χ2v) is 6.02. The zero-order valence-corrected chi connectivity index (χ0v) is 12.7. The summed E-state index contributed by atoms with van der Waals surface area (Å²) in [6, 6.07) is 5.19. The lowest BCUT2D eigenvalue weighted by Gasteiger charge is -2.34. The molecule has 5 nitrogen and oxygen atoms in total. The van der Waals surface area contributed by atoms with Gasteiger partial charge in [0, 0.05) is 37.2 Å². The fourth-order valence-electron chi connectivity index (χ4n) is 2.36. The minimum Gasteiger partial charge on any atom is -0.383 e. The Labute approximate surface area is 127 Å². The minimum atomic E-state index is -0.214. The molecule has 2 heterocycles. The molecule has 1 aromatic heterocycles. The van der Waals surface area contributed by atoms with E-state index in [1.54, 1.807) is 5.38 Å². The van der Waals surface area contributed by atoms with Gasteiger partial charge in [0.15, 0.2) is 5.13 Å². The van der Waals surface area contributed by atoms with Crippen molar-refractivity contribution < 1.29 is 4.39 Å². The van der Waals surface area contributed by atoms with Crippen molar-refractivity contribution in [1.82, 2.24) is 9.88 Å². The maximum Gasteiger partial charge on any atom is 0.189 e. The number of nitrogens with zero attached hydrogens (tertiary/aromatic N) is 3. The molecule has 0 saturated carbocycles. The van der Waals surface area contributed by atoms with Crippen molar-refractivity contribution in [3.8, 4) is 0 Å². The molecule has 112 valence electrons. The minimum absolute atomic E-state index is 0.214. The standard InChI is InChI=1S/C14H18FN5S/c1-19-4-6-20(7-5-19)12-3-2-10(8-11(12)15)17-14-18-13(16)9-21-14/h2-3,8-9H,4-7,16H2,1H3,(H,17,18). The first kappa shape index (κ1) is 14.1. The van der Waals surface area contributed by atoms with E-state index in [1.165, 1.54) is 17.4 Å². The van der Waals surface area contributed by atoms with E-state index in [4.69, 9.17) is 5.73 Å². The molecule has 0 amide bonds. The first-order chi connectivity index (χ1) is 10.1. The molecule has 0 unspecified atom stereocenters. The molecule has 7 heteroatoms. The summed E-state index contributed by atoms with van der Waals surface area (Å²) in [5.41, 5.74) is 6.91. The highest BCUT2D eigenvalue weighted by molar-refractivity contribution is 7.14. The molecule has 0 bridgehead atoms. The average molecular weight is 307 g/mol. The molecule has 1 aliphatic rings. The third kappa shape index (κ3) is 3.25. The lowest BCUT2D eigenvalue weighted by atomic mass is 10.2. The van der Waals surface area contributed by atoms with Gasteiger partial charge in [0.25, 0.3) is 0 Å². The highest BCUT2D eigenvalue weighted by Crippen LogP contribution is 2.27. The summed E-state index contributed by atoms with van der Waals surface area (Å²) >= 11 is 1.40.